The van der Waals surface area contributed by atoms with Crippen molar-refractivity contribution in [3.8, 4) is 0 Å². The monoisotopic (exact) mass is 381 g/mol. The zero-order valence-corrected chi connectivity index (χ0v) is 14.4. The normalized spacial score (nSPS) is 14.9. The number of morpholine rings is 1. The maximum Gasteiger partial charge on any atom is 0.131 e. The Balaban J connectivity index is 1.77. The number of anilines is 2. The fourth-order valence-electron chi connectivity index (χ4n) is 2.49. The van der Waals surface area contributed by atoms with Crippen molar-refractivity contribution in [3.05, 3.63) is 51.7 Å². The second kappa shape index (κ2) is 7.31. The standard InChI is InChI=1S/C16H17BrClN3O/c17-13-2-1-12(11-20-14-3-4-19-16(18)10-14)15(9-13)21-5-7-22-8-6-21/h1-4,9-10H,5-8,11H2,(H,19,20). The Hall–Kier alpha value is -1.30. The van der Waals surface area contributed by atoms with Gasteiger partial charge in [-0.05, 0) is 29.8 Å². The molecule has 0 radical (unpaired) electrons. The molecule has 1 fully saturated rings. The second-order valence-electron chi connectivity index (χ2n) is 5.09. The lowest BCUT2D eigenvalue weighted by Crippen LogP contribution is -2.36. The molecule has 1 aliphatic rings. The summed E-state index contributed by atoms with van der Waals surface area (Å²) >= 11 is 9.49. The Labute approximate surface area is 143 Å². The minimum atomic E-state index is 0.495. The van der Waals surface area contributed by atoms with E-state index in [1.54, 1.807) is 6.20 Å². The summed E-state index contributed by atoms with van der Waals surface area (Å²) in [5.41, 5.74) is 3.46. The van der Waals surface area contributed by atoms with Crippen LogP contribution in [0, 0.1) is 0 Å². The van der Waals surface area contributed by atoms with Crippen LogP contribution in [0.5, 0.6) is 0 Å². The molecule has 0 atom stereocenters. The van der Waals surface area contributed by atoms with E-state index in [1.165, 1.54) is 11.3 Å². The average Bonchev–Trinajstić information content (AvgIpc) is 2.54. The van der Waals surface area contributed by atoms with Gasteiger partial charge in [-0.2, -0.15) is 0 Å². The summed E-state index contributed by atoms with van der Waals surface area (Å²) in [6, 6.07) is 10.1. The van der Waals surface area contributed by atoms with Crippen LogP contribution in [-0.2, 0) is 11.3 Å². The first-order valence-corrected chi connectivity index (χ1v) is 8.36. The molecule has 6 heteroatoms. The third kappa shape index (κ3) is 3.91. The van der Waals surface area contributed by atoms with Crippen molar-refractivity contribution in [1.29, 1.82) is 0 Å². The van der Waals surface area contributed by atoms with Gasteiger partial charge in [0.15, 0.2) is 0 Å². The first kappa shape index (κ1) is 15.6. The molecule has 1 saturated heterocycles. The third-order valence-corrected chi connectivity index (χ3v) is 4.31. The number of aromatic nitrogens is 1. The molecule has 1 aliphatic heterocycles. The maximum atomic E-state index is 5.92. The van der Waals surface area contributed by atoms with Gasteiger partial charge in [0.05, 0.1) is 13.2 Å². The molecular weight excluding hydrogens is 366 g/mol. The van der Waals surface area contributed by atoms with Crippen molar-refractivity contribution in [2.45, 2.75) is 6.54 Å². The molecule has 2 aromatic rings. The molecule has 116 valence electrons. The lowest BCUT2D eigenvalue weighted by atomic mass is 10.1. The molecule has 22 heavy (non-hydrogen) atoms. The Kier molecular flexibility index (Phi) is 5.18. The van der Waals surface area contributed by atoms with Crippen molar-refractivity contribution < 1.29 is 4.74 Å². The van der Waals surface area contributed by atoms with Crippen molar-refractivity contribution in [3.63, 3.8) is 0 Å². The molecule has 0 saturated carbocycles. The van der Waals surface area contributed by atoms with Crippen LogP contribution in [0.1, 0.15) is 5.56 Å². The summed E-state index contributed by atoms with van der Waals surface area (Å²) < 4.78 is 6.53. The molecular formula is C16H17BrClN3O. The fourth-order valence-corrected chi connectivity index (χ4v) is 3.02. The Morgan fingerprint density at radius 3 is 2.82 bits per heavy atom. The predicted molar refractivity (Wildman–Crippen MR) is 93.7 cm³/mol. The van der Waals surface area contributed by atoms with Gasteiger partial charge in [-0.1, -0.05) is 33.6 Å². The van der Waals surface area contributed by atoms with Crippen LogP contribution < -0.4 is 10.2 Å². The Morgan fingerprint density at radius 1 is 1.23 bits per heavy atom. The summed E-state index contributed by atoms with van der Waals surface area (Å²) in [5, 5.41) is 3.90. The molecule has 2 heterocycles. The number of nitrogens with one attached hydrogen (secondary N) is 1. The number of halogens is 2. The number of nitrogens with zero attached hydrogens (tertiary/aromatic N) is 2. The SMILES string of the molecule is Clc1cc(NCc2ccc(Br)cc2N2CCOCC2)ccn1. The van der Waals surface area contributed by atoms with Gasteiger partial charge in [0.1, 0.15) is 5.15 Å². The topological polar surface area (TPSA) is 37.4 Å². The highest BCUT2D eigenvalue weighted by atomic mass is 79.9. The van der Waals surface area contributed by atoms with E-state index < -0.39 is 0 Å². The molecule has 0 amide bonds. The van der Waals surface area contributed by atoms with Crippen LogP contribution in [0.3, 0.4) is 0 Å². The highest BCUT2D eigenvalue weighted by Crippen LogP contribution is 2.27. The summed E-state index contributed by atoms with van der Waals surface area (Å²) in [6.45, 7) is 4.13. The zero-order chi connectivity index (χ0) is 15.4. The van der Waals surface area contributed by atoms with Crippen molar-refractivity contribution in [2.24, 2.45) is 0 Å². The molecule has 0 bridgehead atoms. The molecule has 1 aromatic heterocycles. The highest BCUT2D eigenvalue weighted by molar-refractivity contribution is 9.10. The second-order valence-corrected chi connectivity index (χ2v) is 6.40. The van der Waals surface area contributed by atoms with E-state index in [0.29, 0.717) is 5.15 Å². The first-order valence-electron chi connectivity index (χ1n) is 7.19. The van der Waals surface area contributed by atoms with E-state index in [-0.39, 0.29) is 0 Å². The fraction of sp³-hybridized carbons (Fsp3) is 0.312. The van der Waals surface area contributed by atoms with Gasteiger partial charge in [-0.25, -0.2) is 4.98 Å². The van der Waals surface area contributed by atoms with Crippen LogP contribution in [0.2, 0.25) is 5.15 Å². The lowest BCUT2D eigenvalue weighted by Gasteiger charge is -2.31. The third-order valence-electron chi connectivity index (χ3n) is 3.61. The summed E-state index contributed by atoms with van der Waals surface area (Å²) in [6.07, 6.45) is 1.70. The Bertz CT molecular complexity index is 647. The van der Waals surface area contributed by atoms with Crippen LogP contribution in [0.15, 0.2) is 41.0 Å². The molecule has 4 nitrogen and oxygen atoms in total. The summed E-state index contributed by atoms with van der Waals surface area (Å²) in [7, 11) is 0. The van der Waals surface area contributed by atoms with Crippen molar-refractivity contribution in [2.75, 3.05) is 36.5 Å². The smallest absolute Gasteiger partial charge is 0.131 e. The molecule has 3 rings (SSSR count). The van der Waals surface area contributed by atoms with Crippen molar-refractivity contribution >= 4 is 38.9 Å². The molecule has 1 N–H and O–H groups in total. The van der Waals surface area contributed by atoms with E-state index in [2.05, 4.69) is 49.3 Å². The zero-order valence-electron chi connectivity index (χ0n) is 12.1. The quantitative estimate of drug-likeness (QED) is 0.813. The van der Waals surface area contributed by atoms with E-state index in [4.69, 9.17) is 16.3 Å². The summed E-state index contributed by atoms with van der Waals surface area (Å²) in [4.78, 5) is 6.36. The van der Waals surface area contributed by atoms with Gasteiger partial charge < -0.3 is 15.0 Å². The number of ether oxygens (including phenoxy) is 1. The number of hydrogen-bond donors (Lipinski definition) is 1. The summed E-state index contributed by atoms with van der Waals surface area (Å²) in [5.74, 6) is 0. The average molecular weight is 383 g/mol. The van der Waals surface area contributed by atoms with Crippen molar-refractivity contribution in [1.82, 2.24) is 4.98 Å². The number of pyridine rings is 1. The van der Waals surface area contributed by atoms with Gasteiger partial charge in [0.2, 0.25) is 0 Å². The number of rotatable bonds is 4. The Morgan fingerprint density at radius 2 is 2.05 bits per heavy atom. The van der Waals surface area contributed by atoms with Crippen LogP contribution in [0.4, 0.5) is 11.4 Å². The largest absolute Gasteiger partial charge is 0.381 e. The highest BCUT2D eigenvalue weighted by Gasteiger charge is 2.15. The molecule has 0 unspecified atom stereocenters. The van der Waals surface area contributed by atoms with Gasteiger partial charge in [-0.3, -0.25) is 0 Å². The first-order chi connectivity index (χ1) is 10.7. The molecule has 0 spiro atoms. The van der Waals surface area contributed by atoms with Gasteiger partial charge in [0, 0.05) is 41.7 Å². The van der Waals surface area contributed by atoms with Crippen LogP contribution in [0.25, 0.3) is 0 Å². The van der Waals surface area contributed by atoms with Gasteiger partial charge in [0.25, 0.3) is 0 Å². The van der Waals surface area contributed by atoms with E-state index >= 15 is 0 Å². The number of benzene rings is 1. The van der Waals surface area contributed by atoms with E-state index in [1.807, 2.05) is 12.1 Å². The van der Waals surface area contributed by atoms with E-state index in [0.717, 1.165) is 43.0 Å². The number of hydrogen-bond acceptors (Lipinski definition) is 4. The molecule has 0 aliphatic carbocycles. The van der Waals surface area contributed by atoms with Gasteiger partial charge >= 0.3 is 0 Å². The minimum absolute atomic E-state index is 0.495. The lowest BCUT2D eigenvalue weighted by molar-refractivity contribution is 0.122. The molecule has 1 aromatic carbocycles. The van der Waals surface area contributed by atoms with E-state index in [9.17, 15) is 0 Å². The predicted octanol–water partition coefficient (Wildman–Crippen LogP) is 3.95. The van der Waals surface area contributed by atoms with Gasteiger partial charge in [-0.15, -0.1) is 0 Å². The van der Waals surface area contributed by atoms with Crippen LogP contribution >= 0.6 is 27.5 Å². The van der Waals surface area contributed by atoms with Crippen LogP contribution in [-0.4, -0.2) is 31.3 Å². The minimum Gasteiger partial charge on any atom is -0.381 e. The maximum absolute atomic E-state index is 5.92.